The molecule has 0 fully saturated rings. The second-order valence-electron chi connectivity index (χ2n) is 3.93. The third kappa shape index (κ3) is 2.91. The maximum absolute atomic E-state index is 13.0. The summed E-state index contributed by atoms with van der Waals surface area (Å²) in [5.41, 5.74) is 1.54. The first-order valence-electron chi connectivity index (χ1n) is 5.12. The molecule has 2 aromatic rings. The van der Waals surface area contributed by atoms with Gasteiger partial charge in [-0.15, -0.1) is 0 Å². The molecule has 0 saturated heterocycles. The molecule has 1 aromatic carbocycles. The van der Waals surface area contributed by atoms with E-state index in [2.05, 4.69) is 21.0 Å². The van der Waals surface area contributed by atoms with Crippen LogP contribution in [0.15, 0.2) is 41.0 Å². The highest BCUT2D eigenvalue weighted by atomic mass is 79.9. The van der Waals surface area contributed by atoms with E-state index in [-0.39, 0.29) is 0 Å². The lowest BCUT2D eigenvalue weighted by molar-refractivity contribution is 0.00106. The van der Waals surface area contributed by atoms with Gasteiger partial charge in [0.15, 0.2) is 0 Å². The number of nitrogens with zero attached hydrogens (tertiary/aromatic N) is 2. The smallest absolute Gasteiger partial charge is 0.258 e. The molecule has 5 heteroatoms. The van der Waals surface area contributed by atoms with E-state index in [4.69, 9.17) is 0 Å². The number of rotatable bonds is 3. The van der Waals surface area contributed by atoms with E-state index < -0.39 is 12.5 Å². The fourth-order valence-electron chi connectivity index (χ4n) is 1.63. The summed E-state index contributed by atoms with van der Waals surface area (Å²) in [6.07, 6.45) is 1.54. The minimum Gasteiger partial charge on any atom is -0.258 e. The highest BCUT2D eigenvalue weighted by Crippen LogP contribution is 2.29. The van der Waals surface area contributed by atoms with Crippen molar-refractivity contribution >= 4 is 15.9 Å². The van der Waals surface area contributed by atoms with Gasteiger partial charge >= 0.3 is 0 Å². The van der Waals surface area contributed by atoms with Crippen LogP contribution in [0.1, 0.15) is 6.92 Å². The Balaban J connectivity index is 2.44. The predicted octanol–water partition coefficient (Wildman–Crippen LogP) is 3.97. The average molecular weight is 301 g/mol. The van der Waals surface area contributed by atoms with E-state index in [1.165, 1.54) is 10.9 Å². The number of alkyl halides is 2. The Bertz CT molecular complexity index is 503. The van der Waals surface area contributed by atoms with Gasteiger partial charge < -0.3 is 0 Å². The number of aromatic nitrogens is 2. The molecule has 0 bridgehead atoms. The van der Waals surface area contributed by atoms with Gasteiger partial charge in [-0.2, -0.15) is 5.10 Å². The highest BCUT2D eigenvalue weighted by molar-refractivity contribution is 9.10. The molecule has 0 N–H and O–H groups in total. The number of halogens is 3. The van der Waals surface area contributed by atoms with Crippen molar-refractivity contribution in [2.24, 2.45) is 0 Å². The maximum atomic E-state index is 13.0. The molecule has 0 aliphatic rings. The molecule has 2 rings (SSSR count). The maximum Gasteiger partial charge on any atom is 0.264 e. The van der Waals surface area contributed by atoms with Crippen LogP contribution in [0, 0.1) is 0 Å². The van der Waals surface area contributed by atoms with Gasteiger partial charge in [0.05, 0.1) is 16.4 Å². The van der Waals surface area contributed by atoms with Gasteiger partial charge in [0.25, 0.3) is 5.92 Å². The van der Waals surface area contributed by atoms with Gasteiger partial charge in [0, 0.05) is 12.5 Å². The molecule has 0 saturated carbocycles. The Hall–Kier alpha value is -1.23. The van der Waals surface area contributed by atoms with E-state index in [9.17, 15) is 8.78 Å². The van der Waals surface area contributed by atoms with Gasteiger partial charge in [0.1, 0.15) is 6.54 Å². The first-order valence-corrected chi connectivity index (χ1v) is 5.91. The van der Waals surface area contributed by atoms with Gasteiger partial charge in [-0.1, -0.05) is 30.3 Å². The zero-order chi connectivity index (χ0) is 12.5. The summed E-state index contributed by atoms with van der Waals surface area (Å²) in [6, 6.07) is 9.34. The second-order valence-corrected chi connectivity index (χ2v) is 4.79. The Morgan fingerprint density at radius 2 is 1.94 bits per heavy atom. The molecule has 2 nitrogen and oxygen atoms in total. The zero-order valence-corrected chi connectivity index (χ0v) is 10.8. The Kier molecular flexibility index (Phi) is 3.28. The minimum absolute atomic E-state index is 0.428. The SMILES string of the molecule is CC(F)(F)Cn1ncc(Br)c1-c1ccccc1. The topological polar surface area (TPSA) is 17.8 Å². The lowest BCUT2D eigenvalue weighted by Crippen LogP contribution is -2.20. The molecule has 0 amide bonds. The molecule has 1 aromatic heterocycles. The second kappa shape index (κ2) is 4.56. The fourth-order valence-corrected chi connectivity index (χ4v) is 2.15. The number of hydrogen-bond donors (Lipinski definition) is 0. The molecular formula is C12H11BrF2N2. The summed E-state index contributed by atoms with van der Waals surface area (Å²) >= 11 is 3.33. The van der Waals surface area contributed by atoms with Gasteiger partial charge in [0.2, 0.25) is 0 Å². The molecule has 17 heavy (non-hydrogen) atoms. The lowest BCUT2D eigenvalue weighted by Gasteiger charge is -2.13. The van der Waals surface area contributed by atoms with Crippen molar-refractivity contribution in [3.05, 3.63) is 41.0 Å². The summed E-state index contributed by atoms with van der Waals surface area (Å²) in [6.45, 7) is 0.459. The largest absolute Gasteiger partial charge is 0.264 e. The molecule has 0 aliphatic carbocycles. The van der Waals surface area contributed by atoms with Gasteiger partial charge in [-0.05, 0) is 15.9 Å². The molecule has 1 heterocycles. The average Bonchev–Trinajstić information content (AvgIpc) is 2.58. The monoisotopic (exact) mass is 300 g/mol. The van der Waals surface area contributed by atoms with Crippen LogP contribution in [0.3, 0.4) is 0 Å². The van der Waals surface area contributed by atoms with Crippen molar-refractivity contribution in [2.75, 3.05) is 0 Å². The van der Waals surface area contributed by atoms with Crippen molar-refractivity contribution in [1.29, 1.82) is 0 Å². The van der Waals surface area contributed by atoms with Crippen LogP contribution in [0.25, 0.3) is 11.3 Å². The van der Waals surface area contributed by atoms with Gasteiger partial charge in [-0.3, -0.25) is 4.68 Å². The molecule has 0 unspecified atom stereocenters. The number of hydrogen-bond acceptors (Lipinski definition) is 1. The first kappa shape index (κ1) is 12.2. The van der Waals surface area contributed by atoms with Crippen LogP contribution in [0.2, 0.25) is 0 Å². The van der Waals surface area contributed by atoms with E-state index in [0.717, 1.165) is 12.5 Å². The molecule has 0 spiro atoms. The third-order valence-electron chi connectivity index (χ3n) is 2.27. The van der Waals surface area contributed by atoms with E-state index in [1.54, 1.807) is 0 Å². The summed E-state index contributed by atoms with van der Waals surface area (Å²) in [4.78, 5) is 0. The van der Waals surface area contributed by atoms with Crippen LogP contribution in [0.5, 0.6) is 0 Å². The predicted molar refractivity (Wildman–Crippen MR) is 66.0 cm³/mol. The summed E-state index contributed by atoms with van der Waals surface area (Å²) in [7, 11) is 0. The first-order chi connectivity index (χ1) is 7.97. The third-order valence-corrected chi connectivity index (χ3v) is 2.85. The molecule has 0 aliphatic heterocycles. The minimum atomic E-state index is -2.78. The van der Waals surface area contributed by atoms with Crippen LogP contribution < -0.4 is 0 Å². The van der Waals surface area contributed by atoms with E-state index in [1.807, 2.05) is 30.3 Å². The van der Waals surface area contributed by atoms with Crippen LogP contribution in [0.4, 0.5) is 8.78 Å². The Morgan fingerprint density at radius 1 is 1.29 bits per heavy atom. The molecule has 0 atom stereocenters. The lowest BCUT2D eigenvalue weighted by atomic mass is 10.1. The summed E-state index contributed by atoms with van der Waals surface area (Å²) < 4.78 is 28.1. The fraction of sp³-hybridized carbons (Fsp3) is 0.250. The van der Waals surface area contributed by atoms with E-state index in [0.29, 0.717) is 10.2 Å². The van der Waals surface area contributed by atoms with Crippen LogP contribution in [-0.4, -0.2) is 15.7 Å². The quantitative estimate of drug-likeness (QED) is 0.839. The molecule has 0 radical (unpaired) electrons. The van der Waals surface area contributed by atoms with Crippen molar-refractivity contribution in [3.8, 4) is 11.3 Å². The van der Waals surface area contributed by atoms with Crippen molar-refractivity contribution < 1.29 is 8.78 Å². The van der Waals surface area contributed by atoms with Gasteiger partial charge in [-0.25, -0.2) is 8.78 Å². The summed E-state index contributed by atoms with van der Waals surface area (Å²) in [5.74, 6) is -2.78. The van der Waals surface area contributed by atoms with Crippen LogP contribution in [-0.2, 0) is 6.54 Å². The molecular weight excluding hydrogens is 290 g/mol. The van der Waals surface area contributed by atoms with Crippen molar-refractivity contribution in [3.63, 3.8) is 0 Å². The highest BCUT2D eigenvalue weighted by Gasteiger charge is 2.24. The van der Waals surface area contributed by atoms with Crippen molar-refractivity contribution in [1.82, 2.24) is 9.78 Å². The Morgan fingerprint density at radius 3 is 2.53 bits per heavy atom. The normalized spacial score (nSPS) is 11.8. The molecule has 90 valence electrons. The number of benzene rings is 1. The zero-order valence-electron chi connectivity index (χ0n) is 9.20. The standard InChI is InChI=1S/C12H11BrF2N2/c1-12(14,15)8-17-11(10(13)7-16-17)9-5-3-2-4-6-9/h2-7H,8H2,1H3. The summed E-state index contributed by atoms with van der Waals surface area (Å²) in [5, 5.41) is 3.97. The van der Waals surface area contributed by atoms with E-state index >= 15 is 0 Å². The Labute approximate surface area is 106 Å². The van der Waals surface area contributed by atoms with Crippen molar-refractivity contribution in [2.45, 2.75) is 19.4 Å². The van der Waals surface area contributed by atoms with Crippen LogP contribution >= 0.6 is 15.9 Å².